The van der Waals surface area contributed by atoms with Crippen LogP contribution in [-0.2, 0) is 7.05 Å². The number of hydrogen-bond donors (Lipinski definition) is 1. The highest BCUT2D eigenvalue weighted by Crippen LogP contribution is 2.72. The number of hydrogen-bond acceptors (Lipinski definition) is 2. The van der Waals surface area contributed by atoms with E-state index >= 15 is 0 Å². The number of aryl methyl sites for hydroxylation is 1. The lowest BCUT2D eigenvalue weighted by Crippen LogP contribution is -2.21. The van der Waals surface area contributed by atoms with Crippen molar-refractivity contribution < 1.29 is 0 Å². The van der Waals surface area contributed by atoms with Gasteiger partial charge in [-0.25, -0.2) is 0 Å². The van der Waals surface area contributed by atoms with Crippen molar-refractivity contribution in [2.24, 2.45) is 23.8 Å². The number of nitrogens with zero attached hydrogens (tertiary/aromatic N) is 2. The van der Waals surface area contributed by atoms with E-state index < -0.39 is 0 Å². The molecule has 1 aromatic rings. The van der Waals surface area contributed by atoms with Crippen LogP contribution in [0.2, 0.25) is 0 Å². The van der Waals surface area contributed by atoms with Crippen molar-refractivity contribution in [2.75, 3.05) is 7.05 Å². The zero-order valence-electron chi connectivity index (χ0n) is 11.2. The highest BCUT2D eigenvalue weighted by Gasteiger charge is 2.67. The summed E-state index contributed by atoms with van der Waals surface area (Å²) in [7, 11) is 4.02. The van der Waals surface area contributed by atoms with Crippen LogP contribution in [0.3, 0.4) is 0 Å². The summed E-state index contributed by atoms with van der Waals surface area (Å²) in [5, 5.41) is 7.72. The molecule has 1 N–H and O–H groups in total. The van der Waals surface area contributed by atoms with Crippen molar-refractivity contribution in [3.05, 3.63) is 18.0 Å². The van der Waals surface area contributed by atoms with Gasteiger partial charge in [-0.3, -0.25) is 4.68 Å². The third-order valence-corrected chi connectivity index (χ3v) is 4.86. The first-order valence-electron chi connectivity index (χ1n) is 5.98. The molecule has 0 radical (unpaired) electrons. The molecule has 1 aromatic heterocycles. The maximum atomic E-state index is 4.27. The fraction of sp³-hybridized carbons (Fsp3) is 0.769. The van der Waals surface area contributed by atoms with Gasteiger partial charge < -0.3 is 5.32 Å². The third-order valence-electron chi connectivity index (χ3n) is 4.86. The topological polar surface area (TPSA) is 29.9 Å². The molecular weight excluding hydrogens is 198 g/mol. The second-order valence-corrected chi connectivity index (χ2v) is 6.13. The molecule has 0 aromatic carbocycles. The van der Waals surface area contributed by atoms with Crippen LogP contribution in [0.1, 0.15) is 39.3 Å². The molecule has 16 heavy (non-hydrogen) atoms. The molecule has 0 bridgehead atoms. The van der Waals surface area contributed by atoms with Gasteiger partial charge >= 0.3 is 0 Å². The average Bonchev–Trinajstić information content (AvgIpc) is 2.55. The van der Waals surface area contributed by atoms with Gasteiger partial charge in [0, 0.05) is 24.8 Å². The Morgan fingerprint density at radius 3 is 2.19 bits per heavy atom. The summed E-state index contributed by atoms with van der Waals surface area (Å²) in [6, 6.07) is 0.415. The van der Waals surface area contributed by atoms with Gasteiger partial charge in [0.25, 0.3) is 0 Å². The minimum atomic E-state index is 0.399. The van der Waals surface area contributed by atoms with Crippen LogP contribution in [-0.4, -0.2) is 16.8 Å². The van der Waals surface area contributed by atoms with Crippen LogP contribution < -0.4 is 5.32 Å². The first-order chi connectivity index (χ1) is 7.32. The molecule has 0 amide bonds. The van der Waals surface area contributed by atoms with Crippen LogP contribution in [0.25, 0.3) is 0 Å². The summed E-state index contributed by atoms with van der Waals surface area (Å²) >= 11 is 0. The van der Waals surface area contributed by atoms with Gasteiger partial charge in [-0.05, 0) is 23.8 Å². The van der Waals surface area contributed by atoms with Gasteiger partial charge in [0.05, 0.1) is 6.20 Å². The molecule has 1 heterocycles. The summed E-state index contributed by atoms with van der Waals surface area (Å²) in [4.78, 5) is 0. The normalized spacial score (nSPS) is 24.4. The van der Waals surface area contributed by atoms with E-state index in [4.69, 9.17) is 0 Å². The van der Waals surface area contributed by atoms with Crippen LogP contribution in [0.4, 0.5) is 0 Å². The summed E-state index contributed by atoms with van der Waals surface area (Å²) in [5.41, 5.74) is 2.10. The highest BCUT2D eigenvalue weighted by molar-refractivity contribution is 5.24. The standard InChI is InChI=1S/C13H23N3/c1-12(2)11(13(12,3)4)10(14-5)9-7-15-16(6)8-9/h7-8,10-11,14H,1-6H3. The molecule has 1 fully saturated rings. The van der Waals surface area contributed by atoms with E-state index in [1.54, 1.807) is 0 Å². The maximum absolute atomic E-state index is 4.27. The van der Waals surface area contributed by atoms with Gasteiger partial charge in [0.1, 0.15) is 0 Å². The van der Waals surface area contributed by atoms with E-state index in [1.165, 1.54) is 5.56 Å². The Hall–Kier alpha value is -0.830. The molecule has 90 valence electrons. The molecule has 0 saturated heterocycles. The fourth-order valence-electron chi connectivity index (χ4n) is 3.21. The minimum absolute atomic E-state index is 0.399. The number of aromatic nitrogens is 2. The van der Waals surface area contributed by atoms with Crippen molar-refractivity contribution in [1.82, 2.24) is 15.1 Å². The molecule has 1 saturated carbocycles. The van der Waals surface area contributed by atoms with Crippen molar-refractivity contribution in [1.29, 1.82) is 0 Å². The second-order valence-electron chi connectivity index (χ2n) is 6.13. The lowest BCUT2D eigenvalue weighted by atomic mass is 9.99. The lowest BCUT2D eigenvalue weighted by molar-refractivity contribution is 0.437. The van der Waals surface area contributed by atoms with E-state index in [1.807, 2.05) is 25.0 Å². The maximum Gasteiger partial charge on any atom is 0.0537 e. The molecule has 1 aliphatic rings. The Morgan fingerprint density at radius 2 is 1.88 bits per heavy atom. The van der Waals surface area contributed by atoms with E-state index in [0.29, 0.717) is 22.8 Å². The summed E-state index contributed by atoms with van der Waals surface area (Å²) in [6.45, 7) is 9.44. The highest BCUT2D eigenvalue weighted by atomic mass is 15.2. The SMILES string of the molecule is CNC(c1cnn(C)c1)C1C(C)(C)C1(C)C. The smallest absolute Gasteiger partial charge is 0.0537 e. The monoisotopic (exact) mass is 221 g/mol. The van der Waals surface area contributed by atoms with Gasteiger partial charge in [-0.15, -0.1) is 0 Å². The van der Waals surface area contributed by atoms with E-state index in [9.17, 15) is 0 Å². The zero-order valence-corrected chi connectivity index (χ0v) is 11.2. The Labute approximate surface area is 98.2 Å². The molecule has 2 rings (SSSR count). The van der Waals surface area contributed by atoms with Crippen LogP contribution in [0.5, 0.6) is 0 Å². The molecular formula is C13H23N3. The largest absolute Gasteiger partial charge is 0.313 e. The van der Waals surface area contributed by atoms with E-state index in [0.717, 1.165) is 0 Å². The van der Waals surface area contributed by atoms with Gasteiger partial charge in [-0.2, -0.15) is 5.10 Å². The minimum Gasteiger partial charge on any atom is -0.313 e. The van der Waals surface area contributed by atoms with Crippen molar-refractivity contribution >= 4 is 0 Å². The molecule has 3 heteroatoms. The molecule has 1 aliphatic carbocycles. The zero-order chi connectivity index (χ0) is 12.1. The van der Waals surface area contributed by atoms with Crippen LogP contribution in [0, 0.1) is 16.7 Å². The summed E-state index contributed by atoms with van der Waals surface area (Å²) in [6.07, 6.45) is 4.09. The molecule has 1 unspecified atom stereocenters. The number of rotatable bonds is 3. The molecule has 3 nitrogen and oxygen atoms in total. The molecule has 0 aliphatic heterocycles. The Morgan fingerprint density at radius 1 is 1.31 bits per heavy atom. The predicted molar refractivity (Wildman–Crippen MR) is 66.1 cm³/mol. The van der Waals surface area contributed by atoms with Crippen LogP contribution in [0.15, 0.2) is 12.4 Å². The van der Waals surface area contributed by atoms with Gasteiger partial charge in [0.2, 0.25) is 0 Å². The van der Waals surface area contributed by atoms with Crippen molar-refractivity contribution in [2.45, 2.75) is 33.7 Å². The average molecular weight is 221 g/mol. The first-order valence-corrected chi connectivity index (χ1v) is 5.98. The van der Waals surface area contributed by atoms with E-state index in [2.05, 4.69) is 44.3 Å². The first kappa shape index (κ1) is 11.6. The van der Waals surface area contributed by atoms with Crippen LogP contribution >= 0.6 is 0 Å². The Balaban J connectivity index is 2.26. The second kappa shape index (κ2) is 3.33. The van der Waals surface area contributed by atoms with Crippen molar-refractivity contribution in [3.63, 3.8) is 0 Å². The van der Waals surface area contributed by atoms with Crippen molar-refractivity contribution in [3.8, 4) is 0 Å². The summed E-state index contributed by atoms with van der Waals surface area (Å²) in [5.74, 6) is 0.675. The summed E-state index contributed by atoms with van der Waals surface area (Å²) < 4.78 is 1.88. The van der Waals surface area contributed by atoms with Gasteiger partial charge in [0.15, 0.2) is 0 Å². The van der Waals surface area contributed by atoms with Gasteiger partial charge in [-0.1, -0.05) is 27.7 Å². The number of nitrogens with one attached hydrogen (secondary N) is 1. The fourth-order valence-corrected chi connectivity index (χ4v) is 3.21. The van der Waals surface area contributed by atoms with E-state index in [-0.39, 0.29) is 0 Å². The Bertz CT molecular complexity index is 376. The molecule has 0 spiro atoms. The molecule has 1 atom stereocenters. The Kier molecular flexibility index (Phi) is 2.42. The third kappa shape index (κ3) is 1.41. The lowest BCUT2D eigenvalue weighted by Gasteiger charge is -2.16. The predicted octanol–water partition coefficient (Wildman–Crippen LogP) is 2.36. The quantitative estimate of drug-likeness (QED) is 0.849.